The number of anilines is 1. The zero-order chi connectivity index (χ0) is 46.1. The van der Waals surface area contributed by atoms with Gasteiger partial charge in [-0.05, 0) is 88.1 Å². The summed E-state index contributed by atoms with van der Waals surface area (Å²) in [6, 6.07) is 24.4. The van der Waals surface area contributed by atoms with Crippen molar-refractivity contribution in [3.63, 3.8) is 0 Å². The predicted octanol–water partition coefficient (Wildman–Crippen LogP) is 9.95. The zero-order valence-corrected chi connectivity index (χ0v) is 38.7. The Kier molecular flexibility index (Phi) is 11.2. The average Bonchev–Trinajstić information content (AvgIpc) is 3.84. The monoisotopic (exact) mass is 893 g/mol. The summed E-state index contributed by atoms with van der Waals surface area (Å²) in [6.07, 6.45) is 8.41. The van der Waals surface area contributed by atoms with Crippen molar-refractivity contribution in [3.8, 4) is 0 Å². The first-order valence-electron chi connectivity index (χ1n) is 23.8. The maximum atomic E-state index is 14.7. The fraction of sp³-hybridized carbons (Fsp3) is 0.434. The van der Waals surface area contributed by atoms with Crippen LogP contribution in [0.5, 0.6) is 0 Å². The molecule has 344 valence electrons. The van der Waals surface area contributed by atoms with Gasteiger partial charge in [0.1, 0.15) is 12.3 Å². The number of piperidine rings is 2. The summed E-state index contributed by atoms with van der Waals surface area (Å²) in [5.74, 6) is -1.96. The van der Waals surface area contributed by atoms with Crippen molar-refractivity contribution >= 4 is 62.5 Å². The van der Waals surface area contributed by atoms with Gasteiger partial charge in [0.15, 0.2) is 0 Å². The van der Waals surface area contributed by atoms with Gasteiger partial charge in [-0.15, -0.1) is 10.1 Å². The van der Waals surface area contributed by atoms with Crippen LogP contribution in [0.3, 0.4) is 0 Å². The van der Waals surface area contributed by atoms with Gasteiger partial charge < -0.3 is 33.6 Å². The number of rotatable bonds is 10. The number of nitrogens with zero attached hydrogens (tertiary/aromatic N) is 4. The van der Waals surface area contributed by atoms with E-state index in [1.54, 1.807) is 0 Å². The van der Waals surface area contributed by atoms with E-state index in [0.29, 0.717) is 49.2 Å². The topological polar surface area (TPSA) is 134 Å². The van der Waals surface area contributed by atoms with Gasteiger partial charge in [0, 0.05) is 65.7 Å². The molecule has 10 rings (SSSR count). The number of aromatic nitrogens is 2. The molecule has 66 heavy (non-hydrogen) atoms. The molecule has 6 atom stereocenters. The number of para-hydroxylation sites is 3. The Morgan fingerprint density at radius 1 is 0.636 bits per heavy atom. The highest BCUT2D eigenvalue weighted by Crippen LogP contribution is 2.60. The molecule has 7 heterocycles. The molecule has 3 aromatic carbocycles. The fourth-order valence-corrected chi connectivity index (χ4v) is 12.5. The third-order valence-electron chi connectivity index (χ3n) is 15.0. The van der Waals surface area contributed by atoms with Gasteiger partial charge in [-0.2, -0.15) is 0 Å². The van der Waals surface area contributed by atoms with Gasteiger partial charge in [0.25, 0.3) is 0 Å². The summed E-state index contributed by atoms with van der Waals surface area (Å²) in [4.78, 5) is 67.3. The molecule has 2 aromatic heterocycles. The van der Waals surface area contributed by atoms with Crippen molar-refractivity contribution in [2.24, 2.45) is 10.8 Å². The van der Waals surface area contributed by atoms with Crippen molar-refractivity contribution in [3.05, 3.63) is 113 Å². The highest BCUT2D eigenvalue weighted by atomic mass is 16.7. The normalized spacial score (nSPS) is 25.8. The number of hydrogen-bond acceptors (Lipinski definition) is 11. The van der Waals surface area contributed by atoms with Gasteiger partial charge in [-0.3, -0.25) is 9.59 Å². The summed E-state index contributed by atoms with van der Waals surface area (Å²) < 4.78 is 16.4. The molecule has 0 bridgehead atoms. The summed E-state index contributed by atoms with van der Waals surface area (Å²) in [6.45, 7) is 12.3. The minimum Gasteiger partial charge on any atom is -0.462 e. The van der Waals surface area contributed by atoms with Crippen molar-refractivity contribution < 1.29 is 38.3 Å². The first kappa shape index (κ1) is 43.7. The Hall–Kier alpha value is -6.18. The van der Waals surface area contributed by atoms with Crippen LogP contribution >= 0.6 is 0 Å². The summed E-state index contributed by atoms with van der Waals surface area (Å²) in [7, 11) is 0. The second-order valence-electron chi connectivity index (χ2n) is 18.5. The SMILES string of the molecule is CCOC(=O)C1=C[C@]2(CC)CCCN(OC(C)=O)[C@@H]2n2c1c([C@@H]1Cc3ccccc3N[C@H]1c1c3n(c4ccccc14)[C@H]1N(OC(C)=O)CCC[C@@]1(CC)C=C3C(=O)OCC)c1ccccc12. The number of hydroxylamine groups is 4. The van der Waals surface area contributed by atoms with Crippen LogP contribution in [0.1, 0.15) is 132 Å². The lowest BCUT2D eigenvalue weighted by molar-refractivity contribution is -0.236. The van der Waals surface area contributed by atoms with E-state index >= 15 is 0 Å². The molecule has 5 aromatic rings. The number of ether oxygens (including phenoxy) is 2. The van der Waals surface area contributed by atoms with Crippen LogP contribution in [0.15, 0.2) is 84.9 Å². The number of nitrogens with one attached hydrogen (secondary N) is 1. The van der Waals surface area contributed by atoms with Crippen LogP contribution in [0.25, 0.3) is 33.0 Å². The van der Waals surface area contributed by atoms with Crippen LogP contribution < -0.4 is 5.32 Å². The van der Waals surface area contributed by atoms with E-state index in [1.165, 1.54) is 13.8 Å². The highest BCUT2D eigenvalue weighted by Gasteiger charge is 2.54. The molecule has 0 saturated carbocycles. The van der Waals surface area contributed by atoms with Crippen LogP contribution in [0.4, 0.5) is 5.69 Å². The summed E-state index contributed by atoms with van der Waals surface area (Å²) >= 11 is 0. The van der Waals surface area contributed by atoms with Gasteiger partial charge in [0.2, 0.25) is 0 Å². The van der Waals surface area contributed by atoms with Gasteiger partial charge >= 0.3 is 23.9 Å². The Morgan fingerprint density at radius 2 is 1.11 bits per heavy atom. The van der Waals surface area contributed by atoms with E-state index in [-0.39, 0.29) is 19.1 Å². The number of hydrogen-bond donors (Lipinski definition) is 1. The molecule has 2 fully saturated rings. The lowest BCUT2D eigenvalue weighted by atomic mass is 9.70. The van der Waals surface area contributed by atoms with Gasteiger partial charge in [-0.25, -0.2) is 9.59 Å². The number of fused-ring (bicyclic) bond motifs is 11. The maximum absolute atomic E-state index is 14.7. The van der Waals surface area contributed by atoms with Crippen molar-refractivity contribution in [1.82, 2.24) is 19.3 Å². The maximum Gasteiger partial charge on any atom is 0.339 e. The standard InChI is InChI=1S/C53H59N5O8/c1-7-52-25-17-27-55(65-32(5)59)50(52)57-41-23-15-12-20-35(41)43(46(57)38(30-52)48(61)63-9-3)37-29-34-19-11-14-22-40(34)54-45(37)44-36-21-13-16-24-42(36)58-47(44)39(49(62)64-10-4)31-53(8-2)26-18-28-56(51(53)58)66-33(6)60/h11-16,19-24,30-31,37,45,50-51,54H,7-10,17-18,25-29H2,1-6H3/t37-,45+,50+,51+,52-,53-/m0/s1. The first-order chi connectivity index (χ1) is 32.0. The Bertz CT molecular complexity index is 2660. The molecule has 13 heteroatoms. The van der Waals surface area contributed by atoms with Crippen LogP contribution in [0, 0.1) is 10.8 Å². The van der Waals surface area contributed by atoms with E-state index in [0.717, 1.165) is 75.6 Å². The lowest BCUT2D eigenvalue weighted by Crippen LogP contribution is -2.51. The van der Waals surface area contributed by atoms with Gasteiger partial charge in [-0.1, -0.05) is 80.6 Å². The second kappa shape index (κ2) is 16.9. The molecular formula is C53H59N5O8. The highest BCUT2D eigenvalue weighted by molar-refractivity contribution is 6.20. The molecule has 0 aliphatic carbocycles. The fourth-order valence-electron chi connectivity index (χ4n) is 12.5. The van der Waals surface area contributed by atoms with Crippen LogP contribution in [-0.4, -0.2) is 69.4 Å². The molecule has 13 nitrogen and oxygen atoms in total. The van der Waals surface area contributed by atoms with Gasteiger partial charge in [0.05, 0.1) is 52.8 Å². The number of carbonyl (C=O) groups is 4. The minimum absolute atomic E-state index is 0.197. The molecule has 0 spiro atoms. The second-order valence-corrected chi connectivity index (χ2v) is 18.5. The van der Waals surface area contributed by atoms with Crippen LogP contribution in [0.2, 0.25) is 0 Å². The predicted molar refractivity (Wildman–Crippen MR) is 251 cm³/mol. The Labute approximate surface area is 385 Å². The largest absolute Gasteiger partial charge is 0.462 e. The smallest absolute Gasteiger partial charge is 0.339 e. The number of esters is 2. The molecule has 5 aliphatic rings. The molecule has 0 unspecified atom stereocenters. The average molecular weight is 894 g/mol. The zero-order valence-electron chi connectivity index (χ0n) is 38.7. The van der Waals surface area contributed by atoms with E-state index in [9.17, 15) is 19.2 Å². The van der Waals surface area contributed by atoms with E-state index in [4.69, 9.17) is 19.1 Å². The van der Waals surface area contributed by atoms with Crippen molar-refractivity contribution in [2.45, 2.75) is 111 Å². The molecule has 1 N–H and O–H groups in total. The molecule has 0 radical (unpaired) electrons. The third-order valence-corrected chi connectivity index (χ3v) is 15.0. The Morgan fingerprint density at radius 3 is 1.61 bits per heavy atom. The molecule has 5 aliphatic heterocycles. The van der Waals surface area contributed by atoms with E-state index < -0.39 is 53.1 Å². The number of carbonyl (C=O) groups excluding carboxylic acids is 4. The quantitative estimate of drug-likeness (QED) is 0.134. The minimum atomic E-state index is -0.565. The molecule has 0 amide bonds. The van der Waals surface area contributed by atoms with Crippen LogP contribution in [-0.2, 0) is 44.7 Å². The van der Waals surface area contributed by atoms with Crippen molar-refractivity contribution in [1.29, 1.82) is 0 Å². The molecule has 2 saturated heterocycles. The van der Waals surface area contributed by atoms with Crippen molar-refractivity contribution in [2.75, 3.05) is 31.6 Å². The van der Waals surface area contributed by atoms with E-state index in [1.807, 2.05) is 54.3 Å². The Balaban J connectivity index is 1.30. The molecular weight excluding hydrogens is 835 g/mol. The first-order valence-corrected chi connectivity index (χ1v) is 23.8. The van der Waals surface area contributed by atoms with E-state index in [2.05, 4.69) is 82.9 Å². The lowest BCUT2D eigenvalue weighted by Gasteiger charge is -2.51. The summed E-state index contributed by atoms with van der Waals surface area (Å²) in [5.41, 5.74) is 7.06. The third kappa shape index (κ3) is 6.71. The summed E-state index contributed by atoms with van der Waals surface area (Å²) in [5, 5.41) is 9.61. The number of benzene rings is 3.